The lowest BCUT2D eigenvalue weighted by atomic mass is 10.1. The van der Waals surface area contributed by atoms with Crippen LogP contribution in [0.5, 0.6) is 0 Å². The zero-order valence-corrected chi connectivity index (χ0v) is 11.5. The lowest BCUT2D eigenvalue weighted by Crippen LogP contribution is -2.31. The predicted molar refractivity (Wildman–Crippen MR) is 69.0 cm³/mol. The number of esters is 1. The Kier molecular flexibility index (Phi) is 6.01. The summed E-state index contributed by atoms with van der Waals surface area (Å²) in [6, 6.07) is 5.41. The first-order valence-electron chi connectivity index (χ1n) is 6.32. The standard InChI is InChI=1S/C14H18F3NO2/c1-3-8-18(10-13(19)20-2)9-11-6-4-5-7-12(11)14(15,16)17/h4-7H,3,8-10H2,1-2H3. The number of hydrogen-bond acceptors (Lipinski definition) is 3. The van der Waals surface area contributed by atoms with Gasteiger partial charge in [-0.2, -0.15) is 13.2 Å². The van der Waals surface area contributed by atoms with Gasteiger partial charge in [0.05, 0.1) is 19.2 Å². The second-order valence-corrected chi connectivity index (χ2v) is 4.44. The average molecular weight is 289 g/mol. The Morgan fingerprint density at radius 3 is 2.50 bits per heavy atom. The monoisotopic (exact) mass is 289 g/mol. The molecule has 0 aliphatic carbocycles. The van der Waals surface area contributed by atoms with E-state index in [9.17, 15) is 18.0 Å². The number of rotatable bonds is 6. The van der Waals surface area contributed by atoms with Gasteiger partial charge in [0.15, 0.2) is 0 Å². The van der Waals surface area contributed by atoms with Gasteiger partial charge in [-0.3, -0.25) is 9.69 Å². The van der Waals surface area contributed by atoms with Crippen LogP contribution >= 0.6 is 0 Å². The number of benzene rings is 1. The Labute approximate surface area is 116 Å². The van der Waals surface area contributed by atoms with Crippen molar-refractivity contribution in [2.75, 3.05) is 20.2 Å². The zero-order chi connectivity index (χ0) is 15.2. The molecule has 112 valence electrons. The number of alkyl halides is 3. The first-order chi connectivity index (χ1) is 9.38. The van der Waals surface area contributed by atoms with E-state index in [2.05, 4.69) is 4.74 Å². The van der Waals surface area contributed by atoms with Gasteiger partial charge in [0.1, 0.15) is 0 Å². The quantitative estimate of drug-likeness (QED) is 0.754. The van der Waals surface area contributed by atoms with Crippen molar-refractivity contribution in [1.29, 1.82) is 0 Å². The Bertz CT molecular complexity index is 446. The van der Waals surface area contributed by atoms with E-state index in [0.717, 1.165) is 12.5 Å². The first-order valence-corrected chi connectivity index (χ1v) is 6.32. The topological polar surface area (TPSA) is 29.5 Å². The summed E-state index contributed by atoms with van der Waals surface area (Å²) in [6.45, 7) is 2.48. The molecule has 0 heterocycles. The molecule has 0 aromatic heterocycles. The molecule has 3 nitrogen and oxygen atoms in total. The van der Waals surface area contributed by atoms with Gasteiger partial charge in [0, 0.05) is 6.54 Å². The molecule has 0 unspecified atom stereocenters. The highest BCUT2D eigenvalue weighted by Gasteiger charge is 2.33. The fraction of sp³-hybridized carbons (Fsp3) is 0.500. The van der Waals surface area contributed by atoms with Gasteiger partial charge < -0.3 is 4.74 Å². The molecule has 0 atom stereocenters. The SMILES string of the molecule is CCCN(CC(=O)OC)Cc1ccccc1C(F)(F)F. The third-order valence-corrected chi connectivity index (χ3v) is 2.84. The summed E-state index contributed by atoms with van der Waals surface area (Å²) >= 11 is 0. The minimum Gasteiger partial charge on any atom is -0.468 e. The fourth-order valence-corrected chi connectivity index (χ4v) is 1.95. The van der Waals surface area contributed by atoms with Crippen LogP contribution < -0.4 is 0 Å². The summed E-state index contributed by atoms with van der Waals surface area (Å²) in [5.74, 6) is -0.456. The molecule has 0 aliphatic heterocycles. The zero-order valence-electron chi connectivity index (χ0n) is 11.5. The molecule has 0 radical (unpaired) electrons. The number of nitrogens with zero attached hydrogens (tertiary/aromatic N) is 1. The summed E-state index contributed by atoms with van der Waals surface area (Å²) in [5, 5.41) is 0. The van der Waals surface area contributed by atoms with Crippen LogP contribution in [0.25, 0.3) is 0 Å². The van der Waals surface area contributed by atoms with Crippen LogP contribution in [0.15, 0.2) is 24.3 Å². The smallest absolute Gasteiger partial charge is 0.416 e. The van der Waals surface area contributed by atoms with Crippen LogP contribution in [0.1, 0.15) is 24.5 Å². The lowest BCUT2D eigenvalue weighted by molar-refractivity contribution is -0.142. The van der Waals surface area contributed by atoms with Gasteiger partial charge in [0.25, 0.3) is 0 Å². The highest BCUT2D eigenvalue weighted by atomic mass is 19.4. The van der Waals surface area contributed by atoms with Crippen molar-refractivity contribution in [2.24, 2.45) is 0 Å². The molecule has 1 aromatic carbocycles. The molecule has 0 spiro atoms. The van der Waals surface area contributed by atoms with Crippen molar-refractivity contribution in [1.82, 2.24) is 4.90 Å². The first kappa shape index (κ1) is 16.5. The van der Waals surface area contributed by atoms with E-state index >= 15 is 0 Å². The molecule has 0 saturated carbocycles. The minimum absolute atomic E-state index is 0.0173. The van der Waals surface area contributed by atoms with E-state index in [1.165, 1.54) is 19.2 Å². The molecule has 0 aliphatic rings. The maximum absolute atomic E-state index is 12.9. The highest BCUT2D eigenvalue weighted by Crippen LogP contribution is 2.32. The molecular formula is C14H18F3NO2. The lowest BCUT2D eigenvalue weighted by Gasteiger charge is -2.22. The van der Waals surface area contributed by atoms with Gasteiger partial charge in [-0.1, -0.05) is 25.1 Å². The van der Waals surface area contributed by atoms with Crippen molar-refractivity contribution in [2.45, 2.75) is 26.1 Å². The van der Waals surface area contributed by atoms with Crippen LogP contribution in [0.3, 0.4) is 0 Å². The largest absolute Gasteiger partial charge is 0.468 e. The summed E-state index contributed by atoms with van der Waals surface area (Å²) < 4.78 is 43.3. The second kappa shape index (κ2) is 7.28. The molecule has 1 aromatic rings. The second-order valence-electron chi connectivity index (χ2n) is 4.44. The normalized spacial score (nSPS) is 11.7. The molecule has 6 heteroatoms. The van der Waals surface area contributed by atoms with E-state index in [1.807, 2.05) is 6.92 Å². The third kappa shape index (κ3) is 4.85. The van der Waals surface area contributed by atoms with Gasteiger partial charge in [-0.05, 0) is 24.6 Å². The van der Waals surface area contributed by atoms with Gasteiger partial charge in [-0.25, -0.2) is 0 Å². The molecule has 20 heavy (non-hydrogen) atoms. The number of carbonyl (C=O) groups excluding carboxylic acids is 1. The molecule has 0 fully saturated rings. The molecule has 1 rings (SSSR count). The van der Waals surface area contributed by atoms with Crippen molar-refractivity contribution in [3.05, 3.63) is 35.4 Å². The van der Waals surface area contributed by atoms with Crippen molar-refractivity contribution in [3.63, 3.8) is 0 Å². The summed E-state index contributed by atoms with van der Waals surface area (Å²) in [5.41, 5.74) is -0.497. The van der Waals surface area contributed by atoms with E-state index in [-0.39, 0.29) is 18.7 Å². The number of methoxy groups -OCH3 is 1. The van der Waals surface area contributed by atoms with Crippen molar-refractivity contribution in [3.8, 4) is 0 Å². The van der Waals surface area contributed by atoms with Crippen LogP contribution in [-0.4, -0.2) is 31.1 Å². The Morgan fingerprint density at radius 2 is 1.95 bits per heavy atom. The maximum Gasteiger partial charge on any atom is 0.416 e. The molecule has 0 saturated heterocycles. The number of ether oxygens (including phenoxy) is 1. The molecule has 0 N–H and O–H groups in total. The van der Waals surface area contributed by atoms with E-state index in [0.29, 0.717) is 6.54 Å². The average Bonchev–Trinajstić information content (AvgIpc) is 2.38. The van der Waals surface area contributed by atoms with Crippen LogP contribution in [0.4, 0.5) is 13.2 Å². The summed E-state index contributed by atoms with van der Waals surface area (Å²) in [6.07, 6.45) is -3.65. The highest BCUT2D eigenvalue weighted by molar-refractivity contribution is 5.71. The molecule has 0 bridgehead atoms. The molecule has 0 amide bonds. The van der Waals surface area contributed by atoms with E-state index in [4.69, 9.17) is 0 Å². The van der Waals surface area contributed by atoms with E-state index in [1.54, 1.807) is 11.0 Å². The van der Waals surface area contributed by atoms with Gasteiger partial charge in [0.2, 0.25) is 0 Å². The minimum atomic E-state index is -4.39. The Hall–Kier alpha value is -1.56. The van der Waals surface area contributed by atoms with Crippen molar-refractivity contribution >= 4 is 5.97 Å². The van der Waals surface area contributed by atoms with Crippen molar-refractivity contribution < 1.29 is 22.7 Å². The number of carbonyl (C=O) groups is 1. The predicted octanol–water partition coefficient (Wildman–Crippen LogP) is 3.09. The molecular weight excluding hydrogens is 271 g/mol. The number of hydrogen-bond donors (Lipinski definition) is 0. The maximum atomic E-state index is 12.9. The van der Waals surface area contributed by atoms with E-state index < -0.39 is 17.7 Å². The fourth-order valence-electron chi connectivity index (χ4n) is 1.95. The number of halogens is 3. The third-order valence-electron chi connectivity index (χ3n) is 2.84. The van der Waals surface area contributed by atoms with Crippen LogP contribution in [0.2, 0.25) is 0 Å². The Morgan fingerprint density at radius 1 is 1.30 bits per heavy atom. The van der Waals surface area contributed by atoms with Crippen LogP contribution in [-0.2, 0) is 22.3 Å². The van der Waals surface area contributed by atoms with Gasteiger partial charge in [-0.15, -0.1) is 0 Å². The summed E-state index contributed by atoms with van der Waals surface area (Å²) in [4.78, 5) is 12.9. The van der Waals surface area contributed by atoms with Gasteiger partial charge >= 0.3 is 12.1 Å². The van der Waals surface area contributed by atoms with Crippen LogP contribution in [0, 0.1) is 0 Å². The summed E-state index contributed by atoms with van der Waals surface area (Å²) in [7, 11) is 1.26. The Balaban J connectivity index is 2.91.